The van der Waals surface area contributed by atoms with Crippen LogP contribution in [0.5, 0.6) is 0 Å². The maximum Gasteiger partial charge on any atom is 0.345 e. The molecular weight excluding hydrogens is 296 g/mol. The van der Waals surface area contributed by atoms with Crippen LogP contribution in [0.15, 0.2) is 24.3 Å². The number of carboxylic acids is 1. The van der Waals surface area contributed by atoms with Gasteiger partial charge in [0.25, 0.3) is 0 Å². The number of hydrogen-bond donors (Lipinski definition) is 2. The van der Waals surface area contributed by atoms with Gasteiger partial charge in [0.1, 0.15) is 10.9 Å². The number of nitrogens with one attached hydrogen (secondary N) is 1. The zero-order valence-electron chi connectivity index (χ0n) is 10.6. The zero-order valence-corrected chi connectivity index (χ0v) is 12.2. The third-order valence-electron chi connectivity index (χ3n) is 2.80. The molecule has 1 aromatic heterocycles. The van der Waals surface area contributed by atoms with Gasteiger partial charge in [0, 0.05) is 16.4 Å². The summed E-state index contributed by atoms with van der Waals surface area (Å²) in [4.78, 5) is 12.2. The molecule has 2 N–H and O–H groups in total. The Balaban J connectivity index is 2.19. The van der Waals surface area contributed by atoms with Crippen molar-refractivity contribution in [1.29, 1.82) is 5.26 Å². The number of halogens is 1. The van der Waals surface area contributed by atoms with Crippen LogP contribution in [-0.2, 0) is 6.54 Å². The molecule has 0 aliphatic heterocycles. The molecule has 1 aromatic carbocycles. The van der Waals surface area contributed by atoms with E-state index in [-0.39, 0.29) is 0 Å². The summed E-state index contributed by atoms with van der Waals surface area (Å²) < 4.78 is 0. The summed E-state index contributed by atoms with van der Waals surface area (Å²) in [5.41, 5.74) is 2.04. The van der Waals surface area contributed by atoms with Gasteiger partial charge >= 0.3 is 5.97 Å². The highest BCUT2D eigenvalue weighted by molar-refractivity contribution is 7.14. The molecule has 4 nitrogen and oxygen atoms in total. The predicted octanol–water partition coefficient (Wildman–Crippen LogP) is 3.89. The molecule has 0 saturated heterocycles. The predicted molar refractivity (Wildman–Crippen MR) is 79.5 cm³/mol. The quantitative estimate of drug-likeness (QED) is 0.898. The van der Waals surface area contributed by atoms with Crippen molar-refractivity contribution >= 4 is 34.6 Å². The lowest BCUT2D eigenvalue weighted by Gasteiger charge is -2.08. The molecule has 0 radical (unpaired) electrons. The molecule has 20 heavy (non-hydrogen) atoms. The number of carbonyl (C=O) groups is 1. The van der Waals surface area contributed by atoms with Crippen LogP contribution in [0.25, 0.3) is 0 Å². The van der Waals surface area contributed by atoms with E-state index in [1.807, 2.05) is 6.92 Å². The maximum atomic E-state index is 10.9. The van der Waals surface area contributed by atoms with Crippen molar-refractivity contribution in [2.75, 3.05) is 5.32 Å². The smallest absolute Gasteiger partial charge is 0.345 e. The summed E-state index contributed by atoms with van der Waals surface area (Å²) in [6, 6.07) is 8.71. The fraction of sp³-hybridized carbons (Fsp3) is 0.143. The maximum absolute atomic E-state index is 10.9. The highest BCUT2D eigenvalue weighted by Crippen LogP contribution is 2.25. The molecule has 0 aliphatic carbocycles. The van der Waals surface area contributed by atoms with Crippen molar-refractivity contribution in [3.8, 4) is 6.07 Å². The lowest BCUT2D eigenvalue weighted by molar-refractivity contribution is 0.0702. The minimum Gasteiger partial charge on any atom is -0.477 e. The van der Waals surface area contributed by atoms with Crippen LogP contribution in [0.1, 0.15) is 25.7 Å². The zero-order chi connectivity index (χ0) is 14.7. The van der Waals surface area contributed by atoms with Gasteiger partial charge in [-0.05, 0) is 36.8 Å². The minimum atomic E-state index is -0.926. The van der Waals surface area contributed by atoms with Gasteiger partial charge in [0.2, 0.25) is 0 Å². The number of aromatic carboxylic acids is 1. The molecule has 0 atom stereocenters. The molecule has 6 heteroatoms. The second kappa shape index (κ2) is 5.95. The summed E-state index contributed by atoms with van der Waals surface area (Å²) in [6.07, 6.45) is 0. The fourth-order valence-electron chi connectivity index (χ4n) is 1.75. The Labute approximate surface area is 125 Å². The molecule has 0 amide bonds. The van der Waals surface area contributed by atoms with E-state index in [1.54, 1.807) is 24.3 Å². The molecule has 0 bridgehead atoms. The first kappa shape index (κ1) is 14.4. The van der Waals surface area contributed by atoms with Crippen molar-refractivity contribution in [3.05, 3.63) is 50.2 Å². The number of rotatable bonds is 4. The van der Waals surface area contributed by atoms with E-state index in [2.05, 4.69) is 11.4 Å². The average Bonchev–Trinajstić information content (AvgIpc) is 2.78. The number of carboxylic acid groups (broad SMARTS) is 1. The monoisotopic (exact) mass is 306 g/mol. The minimum absolute atomic E-state index is 0.311. The van der Waals surface area contributed by atoms with Gasteiger partial charge in [0.05, 0.1) is 11.3 Å². The Hall–Kier alpha value is -2.03. The first-order valence-corrected chi connectivity index (χ1v) is 6.97. The van der Waals surface area contributed by atoms with Crippen LogP contribution in [-0.4, -0.2) is 11.1 Å². The van der Waals surface area contributed by atoms with E-state index in [0.717, 1.165) is 10.4 Å². The van der Waals surface area contributed by atoms with E-state index in [4.69, 9.17) is 22.0 Å². The van der Waals surface area contributed by atoms with Gasteiger partial charge in [-0.2, -0.15) is 5.26 Å². The summed E-state index contributed by atoms with van der Waals surface area (Å²) in [5.74, 6) is -0.926. The Morgan fingerprint density at radius 2 is 2.25 bits per heavy atom. The van der Waals surface area contributed by atoms with Gasteiger partial charge in [0.15, 0.2) is 0 Å². The Kier molecular flexibility index (Phi) is 4.28. The summed E-state index contributed by atoms with van der Waals surface area (Å²) in [6.45, 7) is 2.32. The van der Waals surface area contributed by atoms with Crippen molar-refractivity contribution < 1.29 is 9.90 Å². The number of benzene rings is 1. The van der Waals surface area contributed by atoms with E-state index in [0.29, 0.717) is 27.7 Å². The second-order valence-corrected chi connectivity index (χ2v) is 5.85. The molecule has 102 valence electrons. The molecule has 2 rings (SSSR count). The van der Waals surface area contributed by atoms with Gasteiger partial charge in [-0.1, -0.05) is 11.6 Å². The number of nitrogens with zero attached hydrogens (tertiary/aromatic N) is 1. The Morgan fingerprint density at radius 1 is 1.50 bits per heavy atom. The van der Waals surface area contributed by atoms with Gasteiger partial charge in [-0.15, -0.1) is 11.3 Å². The second-order valence-electron chi connectivity index (χ2n) is 4.15. The normalized spacial score (nSPS) is 10.1. The number of thiophene rings is 1. The van der Waals surface area contributed by atoms with E-state index in [9.17, 15) is 4.79 Å². The highest BCUT2D eigenvalue weighted by atomic mass is 35.5. The third-order valence-corrected chi connectivity index (χ3v) is 4.12. The number of anilines is 1. The molecule has 0 unspecified atom stereocenters. The van der Waals surface area contributed by atoms with Crippen molar-refractivity contribution in [2.45, 2.75) is 13.5 Å². The number of aryl methyl sites for hydroxylation is 1. The SMILES string of the molecule is Cc1sc(C(=O)O)cc1CNc1cc(Cl)ccc1C#N. The molecule has 0 aliphatic rings. The van der Waals surface area contributed by atoms with Crippen LogP contribution >= 0.6 is 22.9 Å². The van der Waals surface area contributed by atoms with Gasteiger partial charge in [-0.25, -0.2) is 4.79 Å². The average molecular weight is 307 g/mol. The van der Waals surface area contributed by atoms with Crippen molar-refractivity contribution in [3.63, 3.8) is 0 Å². The molecular formula is C14H11ClN2O2S. The Bertz CT molecular complexity index is 704. The number of nitriles is 1. The molecule has 1 heterocycles. The van der Waals surface area contributed by atoms with Crippen LogP contribution < -0.4 is 5.32 Å². The first-order valence-electron chi connectivity index (χ1n) is 5.77. The lowest BCUT2D eigenvalue weighted by atomic mass is 10.2. The van der Waals surface area contributed by atoms with E-state index >= 15 is 0 Å². The van der Waals surface area contributed by atoms with Crippen LogP contribution in [0.3, 0.4) is 0 Å². The topological polar surface area (TPSA) is 73.1 Å². The van der Waals surface area contributed by atoms with E-state index < -0.39 is 5.97 Å². The summed E-state index contributed by atoms with van der Waals surface area (Å²) >= 11 is 7.15. The van der Waals surface area contributed by atoms with Crippen LogP contribution in [0.2, 0.25) is 5.02 Å². The van der Waals surface area contributed by atoms with E-state index in [1.165, 1.54) is 11.3 Å². The van der Waals surface area contributed by atoms with Gasteiger partial charge < -0.3 is 10.4 Å². The molecule has 0 spiro atoms. The van der Waals surface area contributed by atoms with Crippen LogP contribution in [0.4, 0.5) is 5.69 Å². The molecule has 0 fully saturated rings. The van der Waals surface area contributed by atoms with Crippen molar-refractivity contribution in [1.82, 2.24) is 0 Å². The third kappa shape index (κ3) is 3.10. The highest BCUT2D eigenvalue weighted by Gasteiger charge is 2.11. The fourth-order valence-corrected chi connectivity index (χ4v) is 2.80. The molecule has 0 saturated carbocycles. The summed E-state index contributed by atoms with van der Waals surface area (Å²) in [5, 5.41) is 21.6. The summed E-state index contributed by atoms with van der Waals surface area (Å²) in [7, 11) is 0. The number of hydrogen-bond acceptors (Lipinski definition) is 4. The van der Waals surface area contributed by atoms with Crippen LogP contribution in [0, 0.1) is 18.3 Å². The van der Waals surface area contributed by atoms with Gasteiger partial charge in [-0.3, -0.25) is 0 Å². The largest absolute Gasteiger partial charge is 0.477 e. The molecule has 2 aromatic rings. The lowest BCUT2D eigenvalue weighted by Crippen LogP contribution is -2.01. The standard InChI is InChI=1S/C14H11ClN2O2S/c1-8-10(4-13(20-8)14(18)19)7-17-12-5-11(15)3-2-9(12)6-16/h2-5,17H,7H2,1H3,(H,18,19). The first-order chi connectivity index (χ1) is 9.51. The van der Waals surface area contributed by atoms with Crippen molar-refractivity contribution in [2.24, 2.45) is 0 Å². The Morgan fingerprint density at radius 3 is 2.85 bits per heavy atom.